The molecular formula is C47H70O11. The van der Waals surface area contributed by atoms with Gasteiger partial charge in [0.2, 0.25) is 11.5 Å². The van der Waals surface area contributed by atoms with Crippen LogP contribution >= 0.6 is 0 Å². The molecule has 0 heterocycles. The Labute approximate surface area is 347 Å². The van der Waals surface area contributed by atoms with E-state index < -0.39 is 37.7 Å². The second kappa shape index (κ2) is 29.6. The van der Waals surface area contributed by atoms with E-state index >= 15 is 0 Å². The van der Waals surface area contributed by atoms with E-state index in [1.54, 1.807) is 6.92 Å². The number of carbonyl (C=O) groups is 3. The molecule has 0 amide bonds. The summed E-state index contributed by atoms with van der Waals surface area (Å²) >= 11 is 0. The van der Waals surface area contributed by atoms with Gasteiger partial charge in [-0.05, 0) is 126 Å². The maximum absolute atomic E-state index is 12.8. The first-order valence-electron chi connectivity index (χ1n) is 20.2. The molecule has 0 unspecified atom stereocenters. The van der Waals surface area contributed by atoms with Gasteiger partial charge < -0.3 is 38.6 Å². The molecule has 0 aromatic heterocycles. The zero-order valence-corrected chi connectivity index (χ0v) is 36.8. The summed E-state index contributed by atoms with van der Waals surface area (Å²) in [5, 5.41) is 17.8. The van der Waals surface area contributed by atoms with Crippen LogP contribution in [-0.2, 0) is 30.3 Å². The van der Waals surface area contributed by atoms with Gasteiger partial charge in [-0.25, -0.2) is 14.4 Å². The van der Waals surface area contributed by atoms with Gasteiger partial charge in [0.1, 0.15) is 26.4 Å². The Balaban J connectivity index is 2.90. The largest absolute Gasteiger partial charge is 0.490 e. The van der Waals surface area contributed by atoms with Crippen LogP contribution in [0.25, 0.3) is 0 Å². The SMILES string of the molecule is COc1c(OCCOCC(=O)O)c(C)c(C/C=C(\C)CC/C=C(\C)CC/C=C(\C)CC/C=C(\C)CC/C=C(\C)CCC=C(C)C)c(OC(=O)COCC(=O)O)c1OC. The molecule has 0 aliphatic rings. The average molecular weight is 811 g/mol. The maximum atomic E-state index is 12.8. The Morgan fingerprint density at radius 2 is 0.931 bits per heavy atom. The van der Waals surface area contributed by atoms with E-state index in [-0.39, 0.29) is 30.5 Å². The fraction of sp³-hybridized carbons (Fsp3) is 0.553. The molecule has 11 heteroatoms. The van der Waals surface area contributed by atoms with E-state index in [0.29, 0.717) is 23.3 Å². The molecule has 0 spiro atoms. The van der Waals surface area contributed by atoms with Crippen molar-refractivity contribution in [2.24, 2.45) is 0 Å². The number of hydrogen-bond acceptors (Lipinski definition) is 9. The van der Waals surface area contributed by atoms with E-state index in [0.717, 1.165) is 69.8 Å². The van der Waals surface area contributed by atoms with E-state index in [1.807, 2.05) is 0 Å². The molecule has 0 bridgehead atoms. The third-order valence-electron chi connectivity index (χ3n) is 9.33. The van der Waals surface area contributed by atoms with Gasteiger partial charge in [0.25, 0.3) is 0 Å². The highest BCUT2D eigenvalue weighted by molar-refractivity contribution is 5.78. The predicted octanol–water partition coefficient (Wildman–Crippen LogP) is 10.6. The topological polar surface area (TPSA) is 147 Å². The number of carboxylic acids is 2. The molecule has 1 aromatic carbocycles. The molecule has 0 aliphatic carbocycles. The normalized spacial score (nSPS) is 12.7. The minimum atomic E-state index is -1.21. The summed E-state index contributed by atoms with van der Waals surface area (Å²) in [6, 6.07) is 0. The first-order valence-corrected chi connectivity index (χ1v) is 20.2. The molecule has 1 rings (SSSR count). The summed E-state index contributed by atoms with van der Waals surface area (Å²) in [6.07, 6.45) is 24.5. The minimum Gasteiger partial charge on any atom is -0.490 e. The minimum absolute atomic E-state index is 0.0134. The monoisotopic (exact) mass is 810 g/mol. The van der Waals surface area contributed by atoms with E-state index in [9.17, 15) is 14.4 Å². The molecule has 0 fully saturated rings. The summed E-state index contributed by atoms with van der Waals surface area (Å²) < 4.78 is 33.0. The number of allylic oxidation sites excluding steroid dienone is 12. The smallest absolute Gasteiger partial charge is 0.337 e. The molecule has 2 N–H and O–H groups in total. The van der Waals surface area contributed by atoms with Gasteiger partial charge in [0, 0.05) is 11.1 Å². The quantitative estimate of drug-likeness (QED) is 0.0331. The number of hydrogen-bond donors (Lipinski definition) is 2. The number of ether oxygens (including phenoxy) is 6. The summed E-state index contributed by atoms with van der Waals surface area (Å²) in [4.78, 5) is 34.5. The second-order valence-corrected chi connectivity index (χ2v) is 14.9. The van der Waals surface area contributed by atoms with Crippen molar-refractivity contribution in [1.82, 2.24) is 0 Å². The van der Waals surface area contributed by atoms with Gasteiger partial charge >= 0.3 is 17.9 Å². The highest BCUT2D eigenvalue weighted by Crippen LogP contribution is 2.50. The Morgan fingerprint density at radius 1 is 0.517 bits per heavy atom. The molecule has 324 valence electrons. The van der Waals surface area contributed by atoms with Crippen molar-refractivity contribution in [3.8, 4) is 23.0 Å². The Hall–Kier alpha value is -4.61. The summed E-state index contributed by atoms with van der Waals surface area (Å²) in [6.45, 7) is 15.4. The molecule has 0 aliphatic heterocycles. The molecule has 58 heavy (non-hydrogen) atoms. The van der Waals surface area contributed by atoms with Gasteiger partial charge in [-0.15, -0.1) is 0 Å². The lowest BCUT2D eigenvalue weighted by atomic mass is 9.99. The fourth-order valence-corrected chi connectivity index (χ4v) is 6.01. The Morgan fingerprint density at radius 3 is 1.36 bits per heavy atom. The lowest BCUT2D eigenvalue weighted by molar-refractivity contribution is -0.147. The van der Waals surface area contributed by atoms with Crippen molar-refractivity contribution < 1.29 is 53.0 Å². The standard InChI is InChI=1S/C47H70O11/c1-33(2)16-11-17-34(3)18-12-19-35(4)20-13-21-36(5)22-14-23-37(6)24-15-25-38(7)26-27-40-39(8)44(57-29-28-55-30-41(48)49)46(53-9)47(54-10)45(40)58-43(52)32-56-31-42(50)51/h16,18,20,22,24,26H,11-15,17,19,21,23,25,27-32H2,1-10H3,(H,48,49)(H,50,51)/b34-18+,35-20+,36-22+,37-24+,38-26+. The van der Waals surface area contributed by atoms with Gasteiger partial charge in [0.15, 0.2) is 11.5 Å². The van der Waals surface area contributed by atoms with Crippen molar-refractivity contribution in [1.29, 1.82) is 0 Å². The molecule has 11 nitrogen and oxygen atoms in total. The zero-order valence-electron chi connectivity index (χ0n) is 36.8. The van der Waals surface area contributed by atoms with Gasteiger partial charge in [-0.3, -0.25) is 0 Å². The highest BCUT2D eigenvalue weighted by atomic mass is 16.6. The first kappa shape index (κ1) is 51.4. The number of benzene rings is 1. The lowest BCUT2D eigenvalue weighted by Gasteiger charge is -2.22. The van der Waals surface area contributed by atoms with Crippen molar-refractivity contribution in [3.05, 3.63) is 81.0 Å². The Kier molecular flexibility index (Phi) is 26.2. The van der Waals surface area contributed by atoms with Crippen LogP contribution in [-0.4, -0.2) is 75.4 Å². The van der Waals surface area contributed by atoms with Crippen LogP contribution in [0.15, 0.2) is 69.9 Å². The number of aliphatic carboxylic acids is 2. The lowest BCUT2D eigenvalue weighted by Crippen LogP contribution is -2.20. The van der Waals surface area contributed by atoms with E-state index in [1.165, 1.54) is 42.1 Å². The van der Waals surface area contributed by atoms with Crippen LogP contribution in [0.3, 0.4) is 0 Å². The molecule has 0 radical (unpaired) electrons. The predicted molar refractivity (Wildman–Crippen MR) is 230 cm³/mol. The molecule has 0 atom stereocenters. The number of rotatable bonds is 30. The van der Waals surface area contributed by atoms with Gasteiger partial charge in [0.05, 0.1) is 20.8 Å². The molecule has 0 saturated heterocycles. The van der Waals surface area contributed by atoms with Crippen molar-refractivity contribution in [2.75, 3.05) is 47.3 Å². The maximum Gasteiger partial charge on any atom is 0.337 e. The van der Waals surface area contributed by atoms with Gasteiger partial charge in [-0.1, -0.05) is 69.9 Å². The van der Waals surface area contributed by atoms with Crippen LogP contribution in [0.1, 0.15) is 124 Å². The van der Waals surface area contributed by atoms with Crippen molar-refractivity contribution in [3.63, 3.8) is 0 Å². The van der Waals surface area contributed by atoms with E-state index in [4.69, 9.17) is 38.6 Å². The van der Waals surface area contributed by atoms with Crippen LogP contribution in [0.4, 0.5) is 0 Å². The summed E-state index contributed by atoms with van der Waals surface area (Å²) in [5.41, 5.74) is 9.44. The number of esters is 1. The molecular weight excluding hydrogens is 741 g/mol. The number of carbonyl (C=O) groups excluding carboxylic acids is 1. The second-order valence-electron chi connectivity index (χ2n) is 14.9. The average Bonchev–Trinajstić information content (AvgIpc) is 3.14. The van der Waals surface area contributed by atoms with Crippen molar-refractivity contribution in [2.45, 2.75) is 126 Å². The number of carboxylic acid groups (broad SMARTS) is 2. The van der Waals surface area contributed by atoms with E-state index in [2.05, 4.69) is 84.9 Å². The van der Waals surface area contributed by atoms with Crippen LogP contribution in [0.2, 0.25) is 0 Å². The highest BCUT2D eigenvalue weighted by Gasteiger charge is 2.27. The zero-order chi connectivity index (χ0) is 43.5. The van der Waals surface area contributed by atoms with Gasteiger partial charge in [-0.2, -0.15) is 0 Å². The van der Waals surface area contributed by atoms with Crippen LogP contribution < -0.4 is 18.9 Å². The third-order valence-corrected chi connectivity index (χ3v) is 9.33. The summed E-state index contributed by atoms with van der Waals surface area (Å²) in [7, 11) is 2.82. The van der Waals surface area contributed by atoms with Crippen molar-refractivity contribution >= 4 is 17.9 Å². The number of methoxy groups -OCH3 is 2. The first-order chi connectivity index (χ1) is 27.6. The Bertz CT molecular complexity index is 1650. The van der Waals surface area contributed by atoms with Crippen LogP contribution in [0.5, 0.6) is 23.0 Å². The van der Waals surface area contributed by atoms with Crippen LogP contribution in [0, 0.1) is 6.92 Å². The summed E-state index contributed by atoms with van der Waals surface area (Å²) in [5.74, 6) is -2.40. The molecule has 1 aromatic rings. The molecule has 0 saturated carbocycles. The fourth-order valence-electron chi connectivity index (χ4n) is 6.01. The third kappa shape index (κ3) is 22.4.